The van der Waals surface area contributed by atoms with Crippen LogP contribution in [0.2, 0.25) is 0 Å². The first-order valence-electron chi connectivity index (χ1n) is 22.0. The lowest BCUT2D eigenvalue weighted by molar-refractivity contribution is -0.297. The van der Waals surface area contributed by atoms with Crippen LogP contribution in [0, 0.1) is 0 Å². The van der Waals surface area contributed by atoms with Gasteiger partial charge in [-0.25, -0.2) is 0 Å². The Hall–Kier alpha value is -2.13. The van der Waals surface area contributed by atoms with Gasteiger partial charge in [0.1, 0.15) is 36.8 Å². The summed E-state index contributed by atoms with van der Waals surface area (Å²) >= 11 is 0. The van der Waals surface area contributed by atoms with Gasteiger partial charge >= 0.3 is 11.9 Å². The fourth-order valence-corrected chi connectivity index (χ4v) is 7.14. The summed E-state index contributed by atoms with van der Waals surface area (Å²) in [6, 6.07) is 0. The highest BCUT2D eigenvalue weighted by molar-refractivity contribution is 7.85. The van der Waals surface area contributed by atoms with Crippen LogP contribution in [0.3, 0.4) is 0 Å². The Morgan fingerprint density at radius 2 is 1.07 bits per heavy atom. The van der Waals surface area contributed by atoms with Gasteiger partial charge in [-0.05, 0) is 64.2 Å². The molecule has 0 aromatic heterocycles. The lowest BCUT2D eigenvalue weighted by atomic mass is 10.00. The smallest absolute Gasteiger partial charge is 0.306 e. The summed E-state index contributed by atoms with van der Waals surface area (Å²) in [5, 5.41) is 30.8. The maximum Gasteiger partial charge on any atom is 0.306 e. The first-order valence-corrected chi connectivity index (χ1v) is 23.7. The summed E-state index contributed by atoms with van der Waals surface area (Å²) in [4.78, 5) is 25.3. The fourth-order valence-electron chi connectivity index (χ4n) is 6.45. The highest BCUT2D eigenvalue weighted by Gasteiger charge is 2.46. The molecule has 1 fully saturated rings. The molecule has 0 aromatic rings. The van der Waals surface area contributed by atoms with Crippen LogP contribution in [0.15, 0.2) is 36.5 Å². The van der Waals surface area contributed by atoms with E-state index in [2.05, 4.69) is 50.3 Å². The highest BCUT2D eigenvalue weighted by Crippen LogP contribution is 2.24. The molecule has 0 spiro atoms. The van der Waals surface area contributed by atoms with Crippen LogP contribution in [0.1, 0.15) is 174 Å². The van der Waals surface area contributed by atoms with Gasteiger partial charge in [-0.3, -0.25) is 14.1 Å². The number of aliphatic hydroxyl groups is 3. The van der Waals surface area contributed by atoms with Crippen molar-refractivity contribution < 1.29 is 56.8 Å². The van der Waals surface area contributed by atoms with Crippen molar-refractivity contribution in [2.75, 3.05) is 19.0 Å². The first kappa shape index (κ1) is 52.9. The monoisotopic (exact) mass is 831 g/mol. The quantitative estimate of drug-likeness (QED) is 0.0204. The number of hydrogen-bond donors (Lipinski definition) is 4. The van der Waals surface area contributed by atoms with E-state index in [4.69, 9.17) is 18.9 Å². The molecule has 6 atom stereocenters. The molecule has 0 amide bonds. The van der Waals surface area contributed by atoms with Crippen molar-refractivity contribution in [2.45, 2.75) is 211 Å². The van der Waals surface area contributed by atoms with Gasteiger partial charge in [0.25, 0.3) is 10.1 Å². The third-order valence-electron chi connectivity index (χ3n) is 9.94. The van der Waals surface area contributed by atoms with Crippen molar-refractivity contribution in [3.63, 3.8) is 0 Å². The second-order valence-corrected chi connectivity index (χ2v) is 16.9. The SMILES string of the molecule is CCCC/C=C\CCCCCCCC(=O)OCC(COC1OC(CS(=O)(=O)O)C(O)C(O)C1O)OC(=O)CCCCCCCCC/C=C\C/C=C\CCCCCC. The summed E-state index contributed by atoms with van der Waals surface area (Å²) in [5.74, 6) is -2.01. The van der Waals surface area contributed by atoms with Crippen LogP contribution in [0.5, 0.6) is 0 Å². The van der Waals surface area contributed by atoms with Gasteiger partial charge < -0.3 is 34.3 Å². The van der Waals surface area contributed by atoms with Crippen molar-refractivity contribution in [3.05, 3.63) is 36.5 Å². The highest BCUT2D eigenvalue weighted by atomic mass is 32.2. The topological polar surface area (TPSA) is 186 Å². The Morgan fingerprint density at radius 3 is 1.61 bits per heavy atom. The number of carbonyl (C=O) groups is 2. The molecule has 0 radical (unpaired) electrons. The molecule has 0 saturated carbocycles. The van der Waals surface area contributed by atoms with Gasteiger partial charge in [-0.1, -0.05) is 134 Å². The zero-order valence-electron chi connectivity index (χ0n) is 35.2. The van der Waals surface area contributed by atoms with E-state index in [1.807, 2.05) is 0 Å². The van der Waals surface area contributed by atoms with E-state index in [1.54, 1.807) is 0 Å². The number of allylic oxidation sites excluding steroid dienone is 6. The second kappa shape index (κ2) is 34.7. The Kier molecular flexibility index (Phi) is 32.2. The molecule has 1 heterocycles. The predicted molar refractivity (Wildman–Crippen MR) is 224 cm³/mol. The van der Waals surface area contributed by atoms with Crippen molar-refractivity contribution >= 4 is 22.1 Å². The van der Waals surface area contributed by atoms with Gasteiger partial charge in [-0.15, -0.1) is 0 Å². The van der Waals surface area contributed by atoms with Gasteiger partial charge in [0, 0.05) is 12.8 Å². The molecule has 332 valence electrons. The number of unbranched alkanes of at least 4 members (excludes halogenated alkanes) is 18. The number of rotatable bonds is 36. The van der Waals surface area contributed by atoms with E-state index in [0.717, 1.165) is 77.0 Å². The Bertz CT molecular complexity index is 1200. The molecule has 1 aliphatic rings. The second-order valence-electron chi connectivity index (χ2n) is 15.4. The Labute approximate surface area is 344 Å². The van der Waals surface area contributed by atoms with Gasteiger partial charge in [-0.2, -0.15) is 8.42 Å². The minimum atomic E-state index is -4.60. The maximum atomic E-state index is 12.8. The minimum absolute atomic E-state index is 0.154. The molecular formula is C44H78O12S. The van der Waals surface area contributed by atoms with Crippen LogP contribution < -0.4 is 0 Å². The van der Waals surface area contributed by atoms with Crippen LogP contribution in [-0.4, -0.2) is 96.0 Å². The lowest BCUT2D eigenvalue weighted by Gasteiger charge is -2.40. The molecule has 0 aromatic carbocycles. The Balaban J connectivity index is 2.46. The zero-order valence-corrected chi connectivity index (χ0v) is 36.0. The molecule has 6 unspecified atom stereocenters. The summed E-state index contributed by atoms with van der Waals surface area (Å²) in [6.07, 6.45) is 29.1. The molecule has 57 heavy (non-hydrogen) atoms. The molecular weight excluding hydrogens is 753 g/mol. The van der Waals surface area contributed by atoms with Gasteiger partial charge in [0.15, 0.2) is 12.4 Å². The van der Waals surface area contributed by atoms with Crippen LogP contribution >= 0.6 is 0 Å². The van der Waals surface area contributed by atoms with E-state index in [1.165, 1.54) is 57.8 Å². The molecule has 0 aliphatic carbocycles. The molecule has 1 rings (SSSR count). The number of esters is 2. The average molecular weight is 831 g/mol. The van der Waals surface area contributed by atoms with Gasteiger partial charge in [0.05, 0.1) is 6.61 Å². The van der Waals surface area contributed by atoms with Crippen LogP contribution in [-0.2, 0) is 38.7 Å². The first-order chi connectivity index (χ1) is 27.5. The van der Waals surface area contributed by atoms with Crippen LogP contribution in [0.4, 0.5) is 0 Å². The predicted octanol–water partition coefficient (Wildman–Crippen LogP) is 8.61. The number of hydrogen-bond acceptors (Lipinski definition) is 11. The minimum Gasteiger partial charge on any atom is -0.462 e. The zero-order chi connectivity index (χ0) is 42.0. The molecule has 4 N–H and O–H groups in total. The third kappa shape index (κ3) is 29.7. The van der Waals surface area contributed by atoms with E-state index >= 15 is 0 Å². The molecule has 0 bridgehead atoms. The summed E-state index contributed by atoms with van der Waals surface area (Å²) in [7, 11) is -4.60. The van der Waals surface area contributed by atoms with Gasteiger partial charge in [0.2, 0.25) is 0 Å². The van der Waals surface area contributed by atoms with Crippen molar-refractivity contribution in [2.24, 2.45) is 0 Å². The van der Waals surface area contributed by atoms with E-state index in [9.17, 15) is 37.9 Å². The van der Waals surface area contributed by atoms with E-state index in [-0.39, 0.29) is 19.4 Å². The van der Waals surface area contributed by atoms with Crippen molar-refractivity contribution in [1.82, 2.24) is 0 Å². The third-order valence-corrected chi connectivity index (χ3v) is 10.7. The molecule has 13 heteroatoms. The Morgan fingerprint density at radius 1 is 0.596 bits per heavy atom. The number of ether oxygens (including phenoxy) is 4. The summed E-state index contributed by atoms with van der Waals surface area (Å²) < 4.78 is 54.0. The normalized spacial score (nSPS) is 20.8. The maximum absolute atomic E-state index is 12.8. The van der Waals surface area contributed by atoms with E-state index in [0.29, 0.717) is 12.8 Å². The molecule has 1 saturated heterocycles. The number of aliphatic hydroxyl groups excluding tert-OH is 3. The largest absolute Gasteiger partial charge is 0.462 e. The standard InChI is InChI=1S/C44H78O12S/c1-3-5-7-9-11-13-15-16-17-18-19-20-21-23-25-27-29-31-33-40(46)55-37(34-53-39(45)32-30-28-26-24-22-14-12-10-8-6-4-2)35-54-44-43(49)42(48)41(47)38(56-44)36-57(50,51)52/h10,12-13,15,17-18,37-38,41-44,47-49H,3-9,11,14,16,19-36H2,1-2H3,(H,50,51,52)/b12-10-,15-13-,18-17-. The summed E-state index contributed by atoms with van der Waals surface area (Å²) in [5.41, 5.74) is 0. The molecule has 1 aliphatic heterocycles. The summed E-state index contributed by atoms with van der Waals surface area (Å²) in [6.45, 7) is 3.68. The average Bonchev–Trinajstić information content (AvgIpc) is 3.17. The van der Waals surface area contributed by atoms with Crippen LogP contribution in [0.25, 0.3) is 0 Å². The molecule has 12 nitrogen and oxygen atoms in total. The number of carbonyl (C=O) groups excluding carboxylic acids is 2. The lowest BCUT2D eigenvalue weighted by Crippen LogP contribution is -2.60. The van der Waals surface area contributed by atoms with Crippen molar-refractivity contribution in [1.29, 1.82) is 0 Å². The van der Waals surface area contributed by atoms with E-state index < -0.39 is 71.2 Å². The van der Waals surface area contributed by atoms with Crippen molar-refractivity contribution in [3.8, 4) is 0 Å². The fraction of sp³-hybridized carbons (Fsp3) is 0.818.